The van der Waals surface area contributed by atoms with Gasteiger partial charge in [-0.2, -0.15) is 0 Å². The molecule has 0 bridgehead atoms. The van der Waals surface area contributed by atoms with Crippen molar-refractivity contribution in [2.45, 2.75) is 39.5 Å². The van der Waals surface area contributed by atoms with Crippen molar-refractivity contribution in [2.75, 3.05) is 0 Å². The first kappa shape index (κ1) is 11.7. The van der Waals surface area contributed by atoms with Gasteiger partial charge in [0.25, 0.3) is 0 Å². The maximum Gasteiger partial charge on any atom is 0.303 e. The van der Waals surface area contributed by atoms with Crippen molar-refractivity contribution >= 4 is 5.97 Å². The molecule has 0 spiro atoms. The topological polar surface area (TPSA) is 64.3 Å². The van der Waals surface area contributed by atoms with Crippen LogP contribution in [0.5, 0.6) is 0 Å². The van der Waals surface area contributed by atoms with Gasteiger partial charge in [0.2, 0.25) is 0 Å². The fraction of sp³-hybridized carbons (Fsp3) is 0.600. The van der Waals surface area contributed by atoms with E-state index in [2.05, 4.69) is 4.98 Å². The van der Waals surface area contributed by atoms with Gasteiger partial charge in [-0.15, -0.1) is 0 Å². The molecule has 0 aromatic carbocycles. The number of imidazole rings is 1. The second kappa shape index (κ2) is 4.44. The predicted molar refractivity (Wildman–Crippen MR) is 54.0 cm³/mol. The van der Waals surface area contributed by atoms with E-state index in [-0.39, 0.29) is 12.6 Å². The number of aromatic nitrogens is 2. The summed E-state index contributed by atoms with van der Waals surface area (Å²) in [5.74, 6) is 0.292. The van der Waals surface area contributed by atoms with Gasteiger partial charge in [-0.25, -0.2) is 4.98 Å². The van der Waals surface area contributed by atoms with Gasteiger partial charge in [0, 0.05) is 19.3 Å². The van der Waals surface area contributed by atoms with Gasteiger partial charge >= 0.3 is 5.97 Å². The smallest absolute Gasteiger partial charge is 0.303 e. The summed E-state index contributed by atoms with van der Waals surface area (Å²) in [6, 6.07) is 0. The Hall–Kier alpha value is -1.36. The van der Waals surface area contributed by atoms with Crippen LogP contribution in [-0.4, -0.2) is 26.2 Å². The van der Waals surface area contributed by atoms with Gasteiger partial charge in [-0.05, 0) is 13.8 Å². The highest BCUT2D eigenvalue weighted by atomic mass is 16.5. The molecule has 0 saturated heterocycles. The number of rotatable bonds is 4. The van der Waals surface area contributed by atoms with Crippen LogP contribution < -0.4 is 0 Å². The standard InChI is InChI=1S/C10H16N2O3/c1-8(13)15-6-9-11-4-5-12(9)7-10(2,3)14/h4-5,14H,6-7H2,1-3H3. The Balaban J connectivity index is 2.65. The summed E-state index contributed by atoms with van der Waals surface area (Å²) in [6.45, 7) is 5.33. The number of ether oxygens (including phenoxy) is 1. The highest BCUT2D eigenvalue weighted by Gasteiger charge is 2.15. The molecule has 0 aliphatic carbocycles. The van der Waals surface area contributed by atoms with E-state index in [0.29, 0.717) is 12.4 Å². The summed E-state index contributed by atoms with van der Waals surface area (Å²) in [7, 11) is 0. The summed E-state index contributed by atoms with van der Waals surface area (Å²) in [5.41, 5.74) is -0.814. The molecule has 1 N–H and O–H groups in total. The van der Waals surface area contributed by atoms with Crippen LogP contribution in [0, 0.1) is 0 Å². The molecule has 0 saturated carbocycles. The normalized spacial score (nSPS) is 11.5. The maximum absolute atomic E-state index is 10.6. The molecule has 0 aliphatic heterocycles. The van der Waals surface area contributed by atoms with Gasteiger partial charge in [0.05, 0.1) is 12.1 Å². The van der Waals surface area contributed by atoms with E-state index in [1.54, 1.807) is 30.8 Å². The van der Waals surface area contributed by atoms with E-state index in [0.717, 1.165) is 0 Å². The molecule has 0 fully saturated rings. The van der Waals surface area contributed by atoms with Crippen LogP contribution >= 0.6 is 0 Å². The predicted octanol–water partition coefficient (Wildman–Crippen LogP) is 0.717. The van der Waals surface area contributed by atoms with Crippen LogP contribution in [-0.2, 0) is 22.7 Å². The van der Waals surface area contributed by atoms with E-state index < -0.39 is 5.60 Å². The lowest BCUT2D eigenvalue weighted by molar-refractivity contribution is -0.142. The second-order valence-corrected chi connectivity index (χ2v) is 4.06. The zero-order valence-corrected chi connectivity index (χ0v) is 9.23. The molecule has 0 unspecified atom stereocenters. The van der Waals surface area contributed by atoms with Crippen molar-refractivity contribution in [1.29, 1.82) is 0 Å². The number of aliphatic hydroxyl groups is 1. The van der Waals surface area contributed by atoms with Crippen LogP contribution in [0.3, 0.4) is 0 Å². The van der Waals surface area contributed by atoms with Gasteiger partial charge in [0.15, 0.2) is 0 Å². The Morgan fingerprint density at radius 3 is 2.87 bits per heavy atom. The molecule has 5 nitrogen and oxygen atoms in total. The molecule has 15 heavy (non-hydrogen) atoms. The van der Waals surface area contributed by atoms with E-state index in [9.17, 15) is 9.90 Å². The lowest BCUT2D eigenvalue weighted by atomic mass is 10.1. The highest BCUT2D eigenvalue weighted by Crippen LogP contribution is 2.08. The van der Waals surface area contributed by atoms with Crippen LogP contribution in [0.25, 0.3) is 0 Å². The molecule has 84 valence electrons. The van der Waals surface area contributed by atoms with Crippen LogP contribution in [0.4, 0.5) is 0 Å². The molecule has 1 aromatic rings. The molecule has 1 rings (SSSR count). The fourth-order valence-corrected chi connectivity index (χ4v) is 1.21. The summed E-state index contributed by atoms with van der Waals surface area (Å²) in [5, 5.41) is 9.63. The number of carbonyl (C=O) groups excluding carboxylic acids is 1. The van der Waals surface area contributed by atoms with E-state index >= 15 is 0 Å². The number of carbonyl (C=O) groups is 1. The Morgan fingerprint density at radius 1 is 1.67 bits per heavy atom. The molecule has 5 heteroatoms. The number of hydrogen-bond acceptors (Lipinski definition) is 4. The van der Waals surface area contributed by atoms with Crippen molar-refractivity contribution in [3.05, 3.63) is 18.2 Å². The molecular weight excluding hydrogens is 196 g/mol. The minimum Gasteiger partial charge on any atom is -0.458 e. The lowest BCUT2D eigenvalue weighted by Crippen LogP contribution is -2.27. The monoisotopic (exact) mass is 212 g/mol. The van der Waals surface area contributed by atoms with Gasteiger partial charge in [0.1, 0.15) is 12.4 Å². The van der Waals surface area contributed by atoms with Gasteiger partial charge in [-0.3, -0.25) is 4.79 Å². The van der Waals surface area contributed by atoms with Crippen molar-refractivity contribution in [3.63, 3.8) is 0 Å². The Kier molecular flexibility index (Phi) is 3.47. The molecule has 0 atom stereocenters. The number of esters is 1. The molecule has 0 amide bonds. The van der Waals surface area contributed by atoms with Crippen molar-refractivity contribution in [2.24, 2.45) is 0 Å². The first-order valence-electron chi connectivity index (χ1n) is 4.74. The maximum atomic E-state index is 10.6. The average Bonchev–Trinajstić information content (AvgIpc) is 2.45. The lowest BCUT2D eigenvalue weighted by Gasteiger charge is -2.19. The molecule has 1 aromatic heterocycles. The third kappa shape index (κ3) is 4.12. The number of hydrogen-bond donors (Lipinski definition) is 1. The van der Waals surface area contributed by atoms with E-state index in [1.807, 2.05) is 0 Å². The van der Waals surface area contributed by atoms with Crippen LogP contribution in [0.15, 0.2) is 12.4 Å². The Bertz CT molecular complexity index is 339. The molecule has 0 radical (unpaired) electrons. The van der Waals surface area contributed by atoms with Gasteiger partial charge < -0.3 is 14.4 Å². The van der Waals surface area contributed by atoms with Crippen molar-refractivity contribution < 1.29 is 14.6 Å². The van der Waals surface area contributed by atoms with Gasteiger partial charge in [-0.1, -0.05) is 0 Å². The summed E-state index contributed by atoms with van der Waals surface area (Å²) >= 11 is 0. The SMILES string of the molecule is CC(=O)OCc1nccn1CC(C)(C)O. The van der Waals surface area contributed by atoms with Crippen molar-refractivity contribution in [3.8, 4) is 0 Å². The third-order valence-electron chi connectivity index (χ3n) is 1.76. The third-order valence-corrected chi connectivity index (χ3v) is 1.76. The summed E-state index contributed by atoms with van der Waals surface area (Å²) in [6.07, 6.45) is 3.36. The minimum absolute atomic E-state index is 0.137. The Labute approximate surface area is 88.7 Å². The Morgan fingerprint density at radius 2 is 2.33 bits per heavy atom. The second-order valence-electron chi connectivity index (χ2n) is 4.06. The average molecular weight is 212 g/mol. The zero-order chi connectivity index (χ0) is 11.5. The van der Waals surface area contributed by atoms with Crippen LogP contribution in [0.2, 0.25) is 0 Å². The molecule has 0 aliphatic rings. The summed E-state index contributed by atoms with van der Waals surface area (Å²) in [4.78, 5) is 14.7. The molecule has 1 heterocycles. The van der Waals surface area contributed by atoms with Crippen LogP contribution in [0.1, 0.15) is 26.6 Å². The van der Waals surface area contributed by atoms with E-state index in [1.165, 1.54) is 6.92 Å². The molecular formula is C10H16N2O3. The summed E-state index contributed by atoms with van der Waals surface area (Å²) < 4.78 is 6.60. The largest absolute Gasteiger partial charge is 0.458 e. The van der Waals surface area contributed by atoms with Crippen molar-refractivity contribution in [1.82, 2.24) is 9.55 Å². The van der Waals surface area contributed by atoms with E-state index in [4.69, 9.17) is 4.74 Å². The quantitative estimate of drug-likeness (QED) is 0.747. The minimum atomic E-state index is -0.814. The first-order chi connectivity index (χ1) is 6.88. The highest BCUT2D eigenvalue weighted by molar-refractivity contribution is 5.65. The first-order valence-corrected chi connectivity index (χ1v) is 4.74. The fourth-order valence-electron chi connectivity index (χ4n) is 1.21. The number of nitrogens with zero attached hydrogens (tertiary/aromatic N) is 2. The zero-order valence-electron chi connectivity index (χ0n) is 9.23.